The second-order valence-corrected chi connectivity index (χ2v) is 5.61. The van der Waals surface area contributed by atoms with Crippen LogP contribution in [0, 0.1) is 13.8 Å². The maximum atomic E-state index is 5.83. The van der Waals surface area contributed by atoms with Gasteiger partial charge in [-0.25, -0.2) is 9.97 Å². The molecule has 0 spiro atoms. The lowest BCUT2D eigenvalue weighted by molar-refractivity contribution is -0.0368. The van der Waals surface area contributed by atoms with Crippen molar-refractivity contribution in [2.75, 3.05) is 31.5 Å². The van der Waals surface area contributed by atoms with Crippen molar-refractivity contribution in [3.8, 4) is 0 Å². The van der Waals surface area contributed by atoms with Crippen LogP contribution in [-0.4, -0.2) is 53.3 Å². The van der Waals surface area contributed by atoms with Crippen molar-refractivity contribution in [2.24, 2.45) is 0 Å². The fraction of sp³-hybridized carbons (Fsp3) is 0.714. The number of fused-ring (bicyclic) bond motifs is 2. The molecule has 0 amide bonds. The Hall–Kier alpha value is -1.20. The van der Waals surface area contributed by atoms with Gasteiger partial charge in [0.05, 0.1) is 12.2 Å². The molecule has 1 aromatic rings. The molecule has 2 fully saturated rings. The second-order valence-electron chi connectivity index (χ2n) is 5.61. The number of aryl methyl sites for hydroxylation is 2. The summed E-state index contributed by atoms with van der Waals surface area (Å²) in [4.78, 5) is 11.2. The van der Waals surface area contributed by atoms with Crippen molar-refractivity contribution >= 4 is 5.95 Å². The van der Waals surface area contributed by atoms with E-state index < -0.39 is 0 Å². The van der Waals surface area contributed by atoms with Gasteiger partial charge in [0, 0.05) is 38.1 Å². The quantitative estimate of drug-likeness (QED) is 0.888. The number of nitrogens with zero attached hydrogens (tertiary/aromatic N) is 3. The van der Waals surface area contributed by atoms with Crippen LogP contribution in [0.4, 0.5) is 5.95 Å². The fourth-order valence-corrected chi connectivity index (χ4v) is 2.82. The number of aromatic nitrogens is 2. The first-order valence-corrected chi connectivity index (χ1v) is 7.12. The van der Waals surface area contributed by atoms with E-state index in [0.29, 0.717) is 12.2 Å². The zero-order valence-electron chi connectivity index (χ0n) is 11.7. The number of hydrogen-bond donors (Lipinski definition) is 1. The molecule has 0 saturated carbocycles. The molecule has 3 heterocycles. The number of rotatable bonds is 4. The van der Waals surface area contributed by atoms with Gasteiger partial charge in [0.25, 0.3) is 0 Å². The first-order valence-electron chi connectivity index (χ1n) is 7.12. The van der Waals surface area contributed by atoms with Crippen molar-refractivity contribution in [1.29, 1.82) is 0 Å². The van der Waals surface area contributed by atoms with E-state index in [0.717, 1.165) is 43.4 Å². The highest BCUT2D eigenvalue weighted by molar-refractivity contribution is 5.28. The Balaban J connectivity index is 1.46. The van der Waals surface area contributed by atoms with Gasteiger partial charge in [0.1, 0.15) is 0 Å². The lowest BCUT2D eigenvalue weighted by Gasteiger charge is -2.31. The molecule has 3 rings (SSSR count). The Morgan fingerprint density at radius 3 is 2.74 bits per heavy atom. The standard InChI is InChI=1S/C14H22N4O/c1-10-7-16-14(17-11(10)2)15-5-6-18-8-12-3-4-13(9-18)19-12/h7,12-13H,3-6,8-9H2,1-2H3,(H,15,16,17). The van der Waals surface area contributed by atoms with Gasteiger partial charge in [-0.05, 0) is 32.3 Å². The van der Waals surface area contributed by atoms with E-state index in [1.54, 1.807) is 0 Å². The number of morpholine rings is 1. The van der Waals surface area contributed by atoms with Crippen molar-refractivity contribution in [3.63, 3.8) is 0 Å². The lowest BCUT2D eigenvalue weighted by atomic mass is 10.2. The molecule has 1 N–H and O–H groups in total. The fourth-order valence-electron chi connectivity index (χ4n) is 2.82. The summed E-state index contributed by atoms with van der Waals surface area (Å²) in [5.74, 6) is 0.735. The first-order chi connectivity index (χ1) is 9.20. The molecule has 2 unspecified atom stereocenters. The van der Waals surface area contributed by atoms with E-state index >= 15 is 0 Å². The Bertz CT molecular complexity index is 439. The van der Waals surface area contributed by atoms with E-state index in [1.807, 2.05) is 20.0 Å². The van der Waals surface area contributed by atoms with Crippen LogP contribution in [0.3, 0.4) is 0 Å². The average Bonchev–Trinajstić information content (AvgIpc) is 2.73. The van der Waals surface area contributed by atoms with E-state index in [2.05, 4.69) is 20.2 Å². The summed E-state index contributed by atoms with van der Waals surface area (Å²) in [5, 5.41) is 3.31. The van der Waals surface area contributed by atoms with Crippen molar-refractivity contribution in [3.05, 3.63) is 17.5 Å². The maximum absolute atomic E-state index is 5.83. The highest BCUT2D eigenvalue weighted by Gasteiger charge is 2.33. The molecule has 0 radical (unpaired) electrons. The van der Waals surface area contributed by atoms with Gasteiger partial charge >= 0.3 is 0 Å². The Labute approximate surface area is 114 Å². The van der Waals surface area contributed by atoms with Gasteiger partial charge < -0.3 is 10.1 Å². The summed E-state index contributed by atoms with van der Waals surface area (Å²) in [6.07, 6.45) is 5.27. The molecular weight excluding hydrogens is 240 g/mol. The predicted octanol–water partition coefficient (Wildman–Crippen LogP) is 1.37. The average molecular weight is 262 g/mol. The summed E-state index contributed by atoms with van der Waals surface area (Å²) in [6, 6.07) is 0. The van der Waals surface area contributed by atoms with Gasteiger partial charge in [-0.2, -0.15) is 0 Å². The van der Waals surface area contributed by atoms with Gasteiger partial charge in [-0.1, -0.05) is 0 Å². The topological polar surface area (TPSA) is 50.3 Å². The molecule has 5 heteroatoms. The Kier molecular flexibility index (Phi) is 3.66. The van der Waals surface area contributed by atoms with Crippen LogP contribution in [0.15, 0.2) is 6.20 Å². The molecule has 2 atom stereocenters. The molecule has 5 nitrogen and oxygen atoms in total. The molecule has 0 aliphatic carbocycles. The highest BCUT2D eigenvalue weighted by Crippen LogP contribution is 2.25. The third-order valence-electron chi connectivity index (χ3n) is 4.06. The van der Waals surface area contributed by atoms with Crippen LogP contribution in [0.25, 0.3) is 0 Å². The van der Waals surface area contributed by atoms with Gasteiger partial charge in [-0.3, -0.25) is 4.90 Å². The van der Waals surface area contributed by atoms with Crippen LogP contribution in [0.2, 0.25) is 0 Å². The molecule has 2 aliphatic rings. The molecule has 2 bridgehead atoms. The summed E-state index contributed by atoms with van der Waals surface area (Å²) in [5.41, 5.74) is 2.18. The molecule has 1 aromatic heterocycles. The largest absolute Gasteiger partial charge is 0.372 e. The van der Waals surface area contributed by atoms with E-state index in [1.165, 1.54) is 12.8 Å². The van der Waals surface area contributed by atoms with Crippen LogP contribution >= 0.6 is 0 Å². The third kappa shape index (κ3) is 3.04. The van der Waals surface area contributed by atoms with Crippen molar-refractivity contribution in [2.45, 2.75) is 38.9 Å². The number of anilines is 1. The zero-order valence-corrected chi connectivity index (χ0v) is 11.7. The van der Waals surface area contributed by atoms with Crippen molar-refractivity contribution in [1.82, 2.24) is 14.9 Å². The summed E-state index contributed by atoms with van der Waals surface area (Å²) in [6.45, 7) is 8.12. The molecule has 104 valence electrons. The number of likely N-dealkylation sites (tertiary alicyclic amines) is 1. The molecule has 2 aliphatic heterocycles. The Morgan fingerprint density at radius 1 is 1.32 bits per heavy atom. The highest BCUT2D eigenvalue weighted by atomic mass is 16.5. The molecule has 2 saturated heterocycles. The van der Waals surface area contributed by atoms with Crippen molar-refractivity contribution < 1.29 is 4.74 Å². The normalized spacial score (nSPS) is 26.6. The number of nitrogens with one attached hydrogen (secondary N) is 1. The van der Waals surface area contributed by atoms with Crippen LogP contribution < -0.4 is 5.32 Å². The lowest BCUT2D eigenvalue weighted by Crippen LogP contribution is -2.44. The maximum Gasteiger partial charge on any atom is 0.222 e. The first kappa shape index (κ1) is 12.8. The zero-order chi connectivity index (χ0) is 13.2. The van der Waals surface area contributed by atoms with E-state index in [-0.39, 0.29) is 0 Å². The Morgan fingerprint density at radius 2 is 2.05 bits per heavy atom. The van der Waals surface area contributed by atoms with Gasteiger partial charge in [0.2, 0.25) is 5.95 Å². The summed E-state index contributed by atoms with van der Waals surface area (Å²) >= 11 is 0. The van der Waals surface area contributed by atoms with Crippen LogP contribution in [-0.2, 0) is 4.74 Å². The summed E-state index contributed by atoms with van der Waals surface area (Å²) < 4.78 is 5.83. The number of hydrogen-bond acceptors (Lipinski definition) is 5. The monoisotopic (exact) mass is 262 g/mol. The second kappa shape index (κ2) is 5.43. The molecule has 0 aromatic carbocycles. The molecule has 19 heavy (non-hydrogen) atoms. The smallest absolute Gasteiger partial charge is 0.222 e. The third-order valence-corrected chi connectivity index (χ3v) is 4.06. The minimum absolute atomic E-state index is 0.469. The summed E-state index contributed by atoms with van der Waals surface area (Å²) in [7, 11) is 0. The minimum Gasteiger partial charge on any atom is -0.372 e. The minimum atomic E-state index is 0.469. The number of ether oxygens (including phenoxy) is 1. The SMILES string of the molecule is Cc1cnc(NCCN2CC3CCC(C2)O3)nc1C. The van der Waals surface area contributed by atoms with Crippen LogP contribution in [0.1, 0.15) is 24.1 Å². The van der Waals surface area contributed by atoms with E-state index in [4.69, 9.17) is 4.74 Å². The van der Waals surface area contributed by atoms with Gasteiger partial charge in [0.15, 0.2) is 0 Å². The molecular formula is C14H22N4O. The van der Waals surface area contributed by atoms with Gasteiger partial charge in [-0.15, -0.1) is 0 Å². The predicted molar refractivity (Wildman–Crippen MR) is 74.3 cm³/mol. The van der Waals surface area contributed by atoms with Crippen LogP contribution in [0.5, 0.6) is 0 Å². The van der Waals surface area contributed by atoms with E-state index in [9.17, 15) is 0 Å².